The van der Waals surface area contributed by atoms with Gasteiger partial charge in [0.2, 0.25) is 0 Å². The Bertz CT molecular complexity index is 622. The summed E-state index contributed by atoms with van der Waals surface area (Å²) in [6, 6.07) is 8.03. The van der Waals surface area contributed by atoms with Gasteiger partial charge in [-0.05, 0) is 62.8 Å². The Labute approximate surface area is 132 Å². The highest BCUT2D eigenvalue weighted by atomic mass is 127. The van der Waals surface area contributed by atoms with Crippen molar-refractivity contribution in [2.75, 3.05) is 12.8 Å². The Hall–Kier alpha value is -1.02. The highest BCUT2D eigenvalue weighted by molar-refractivity contribution is 14.1. The first-order valence-corrected chi connectivity index (χ1v) is 7.14. The molecule has 2 aromatic rings. The monoisotopic (exact) mass is 437 g/mol. The molecule has 2 aromatic carbocycles. The molecule has 0 aliphatic carbocycles. The van der Waals surface area contributed by atoms with Gasteiger partial charge in [0.15, 0.2) is 5.75 Å². The zero-order valence-electron chi connectivity index (χ0n) is 9.91. The summed E-state index contributed by atoms with van der Waals surface area (Å²) in [6.07, 6.45) is 0. The number of hydrogen-bond acceptors (Lipinski definition) is 3. The minimum absolute atomic E-state index is 0.281. The van der Waals surface area contributed by atoms with Gasteiger partial charge in [-0.2, -0.15) is 0 Å². The smallest absolute Gasteiger partial charge is 0.153 e. The van der Waals surface area contributed by atoms with Gasteiger partial charge in [0.1, 0.15) is 17.3 Å². The fourth-order valence-electron chi connectivity index (χ4n) is 1.44. The van der Waals surface area contributed by atoms with Crippen molar-refractivity contribution in [2.24, 2.45) is 0 Å². The predicted octanol–water partition coefficient (Wildman–Crippen LogP) is 4.58. The molecule has 2 N–H and O–H groups in total. The van der Waals surface area contributed by atoms with Crippen molar-refractivity contribution in [3.8, 4) is 17.2 Å². The first-order valence-electron chi connectivity index (χ1n) is 5.27. The summed E-state index contributed by atoms with van der Waals surface area (Å²) in [7, 11) is 1.58. The second kappa shape index (κ2) is 5.96. The maximum atomic E-state index is 13.5. The third-order valence-electron chi connectivity index (χ3n) is 2.41. The van der Waals surface area contributed by atoms with E-state index < -0.39 is 0 Å². The maximum Gasteiger partial charge on any atom is 0.153 e. The van der Waals surface area contributed by atoms with Crippen LogP contribution in [0.5, 0.6) is 17.2 Å². The number of nitrogen functional groups attached to an aromatic ring is 1. The topological polar surface area (TPSA) is 44.5 Å². The Morgan fingerprint density at radius 2 is 1.95 bits per heavy atom. The van der Waals surface area contributed by atoms with E-state index in [0.717, 1.165) is 0 Å². The number of ether oxygens (including phenoxy) is 2. The fourth-order valence-corrected chi connectivity index (χ4v) is 2.37. The molecule has 3 nitrogen and oxygen atoms in total. The lowest BCUT2D eigenvalue weighted by Gasteiger charge is -2.11. The molecule has 6 heteroatoms. The number of anilines is 1. The molecule has 19 heavy (non-hydrogen) atoms. The van der Waals surface area contributed by atoms with E-state index in [1.165, 1.54) is 12.1 Å². The van der Waals surface area contributed by atoms with E-state index in [9.17, 15) is 4.39 Å². The fraction of sp³-hybridized carbons (Fsp3) is 0.0769. The Morgan fingerprint density at radius 1 is 1.21 bits per heavy atom. The molecule has 0 unspecified atom stereocenters. The molecule has 0 amide bonds. The van der Waals surface area contributed by atoms with Gasteiger partial charge >= 0.3 is 0 Å². The summed E-state index contributed by atoms with van der Waals surface area (Å²) in [4.78, 5) is 0. The lowest BCUT2D eigenvalue weighted by atomic mass is 10.3. The zero-order valence-corrected chi connectivity index (χ0v) is 13.7. The van der Waals surface area contributed by atoms with Crippen LogP contribution in [0.15, 0.2) is 34.8 Å². The van der Waals surface area contributed by atoms with Gasteiger partial charge in [0.25, 0.3) is 0 Å². The van der Waals surface area contributed by atoms with Crippen molar-refractivity contribution in [3.05, 3.63) is 44.2 Å². The van der Waals surface area contributed by atoms with Crippen LogP contribution in [0.2, 0.25) is 0 Å². The summed E-state index contributed by atoms with van der Waals surface area (Å²) in [5, 5.41) is 0. The highest BCUT2D eigenvalue weighted by Crippen LogP contribution is 2.36. The van der Waals surface area contributed by atoms with Gasteiger partial charge in [-0.25, -0.2) is 4.39 Å². The van der Waals surface area contributed by atoms with Gasteiger partial charge in [0, 0.05) is 6.07 Å². The average molecular weight is 438 g/mol. The molecular weight excluding hydrogens is 428 g/mol. The number of methoxy groups -OCH3 is 1. The first kappa shape index (κ1) is 14.4. The maximum absolute atomic E-state index is 13.5. The molecule has 0 fully saturated rings. The Kier molecular flexibility index (Phi) is 4.51. The van der Waals surface area contributed by atoms with Crippen LogP contribution in [0.4, 0.5) is 10.1 Å². The standard InChI is InChI=1S/C13H10BrFINO2/c1-18-7-2-3-12(8(14)4-7)19-13-5-9(15)10(16)6-11(13)17/h2-6H,17H2,1H3. The van der Waals surface area contributed by atoms with Crippen LogP contribution in [0, 0.1) is 9.39 Å². The number of halogens is 3. The molecule has 2 rings (SSSR count). The number of nitrogens with two attached hydrogens (primary N) is 1. The molecule has 0 radical (unpaired) electrons. The van der Waals surface area contributed by atoms with Crippen molar-refractivity contribution in [3.63, 3.8) is 0 Å². The van der Waals surface area contributed by atoms with Gasteiger partial charge in [-0.15, -0.1) is 0 Å². The second-order valence-electron chi connectivity index (χ2n) is 3.70. The quantitative estimate of drug-likeness (QED) is 0.564. The predicted molar refractivity (Wildman–Crippen MR) is 84.3 cm³/mol. The third kappa shape index (κ3) is 3.30. The van der Waals surface area contributed by atoms with Gasteiger partial charge in [0.05, 0.1) is 20.8 Å². The van der Waals surface area contributed by atoms with Crippen LogP contribution in [0.3, 0.4) is 0 Å². The molecule has 0 aromatic heterocycles. The Morgan fingerprint density at radius 3 is 2.58 bits per heavy atom. The first-order chi connectivity index (χ1) is 9.01. The third-order valence-corrected chi connectivity index (χ3v) is 3.86. The molecule has 0 bridgehead atoms. The van der Waals surface area contributed by atoms with Crippen molar-refractivity contribution in [1.82, 2.24) is 0 Å². The van der Waals surface area contributed by atoms with Crippen LogP contribution in [0.25, 0.3) is 0 Å². The average Bonchev–Trinajstić information content (AvgIpc) is 2.38. The molecule has 0 atom stereocenters. The van der Waals surface area contributed by atoms with E-state index in [1.54, 1.807) is 25.3 Å². The normalized spacial score (nSPS) is 10.3. The molecule has 0 spiro atoms. The summed E-state index contributed by atoms with van der Waals surface area (Å²) >= 11 is 5.24. The molecule has 0 aliphatic heterocycles. The van der Waals surface area contributed by atoms with Crippen LogP contribution >= 0.6 is 38.5 Å². The molecule has 100 valence electrons. The summed E-state index contributed by atoms with van der Waals surface area (Å²) in [5.74, 6) is 1.15. The van der Waals surface area contributed by atoms with E-state index >= 15 is 0 Å². The number of rotatable bonds is 3. The SMILES string of the molecule is COc1ccc(Oc2cc(F)c(I)cc2N)c(Br)c1. The zero-order chi connectivity index (χ0) is 14.0. The molecule has 0 saturated carbocycles. The summed E-state index contributed by atoms with van der Waals surface area (Å²) in [5.41, 5.74) is 6.19. The van der Waals surface area contributed by atoms with E-state index in [2.05, 4.69) is 15.9 Å². The highest BCUT2D eigenvalue weighted by Gasteiger charge is 2.10. The van der Waals surface area contributed by atoms with E-state index in [1.807, 2.05) is 22.6 Å². The minimum atomic E-state index is -0.366. The number of benzene rings is 2. The van der Waals surface area contributed by atoms with E-state index in [-0.39, 0.29) is 11.6 Å². The van der Waals surface area contributed by atoms with Crippen molar-refractivity contribution >= 4 is 44.2 Å². The molecule has 0 saturated heterocycles. The Balaban J connectivity index is 2.33. The lowest BCUT2D eigenvalue weighted by Crippen LogP contribution is -1.96. The number of hydrogen-bond donors (Lipinski definition) is 1. The van der Waals surface area contributed by atoms with Crippen LogP contribution < -0.4 is 15.2 Å². The van der Waals surface area contributed by atoms with Gasteiger partial charge in [-0.1, -0.05) is 0 Å². The summed E-state index contributed by atoms with van der Waals surface area (Å²) in [6.45, 7) is 0. The molecule has 0 heterocycles. The van der Waals surface area contributed by atoms with Crippen LogP contribution in [-0.4, -0.2) is 7.11 Å². The summed E-state index contributed by atoms with van der Waals surface area (Å²) < 4.78 is 25.4. The van der Waals surface area contributed by atoms with E-state index in [4.69, 9.17) is 15.2 Å². The van der Waals surface area contributed by atoms with E-state index in [0.29, 0.717) is 25.2 Å². The minimum Gasteiger partial charge on any atom is -0.497 e. The molecular formula is C13H10BrFINO2. The molecule has 0 aliphatic rings. The lowest BCUT2D eigenvalue weighted by molar-refractivity contribution is 0.412. The van der Waals surface area contributed by atoms with Crippen LogP contribution in [0.1, 0.15) is 0 Å². The van der Waals surface area contributed by atoms with Crippen LogP contribution in [-0.2, 0) is 0 Å². The van der Waals surface area contributed by atoms with Crippen molar-refractivity contribution in [1.29, 1.82) is 0 Å². The van der Waals surface area contributed by atoms with Crippen molar-refractivity contribution < 1.29 is 13.9 Å². The largest absolute Gasteiger partial charge is 0.497 e. The van der Waals surface area contributed by atoms with Gasteiger partial charge < -0.3 is 15.2 Å². The second-order valence-corrected chi connectivity index (χ2v) is 5.72. The van der Waals surface area contributed by atoms with Gasteiger partial charge in [-0.3, -0.25) is 0 Å². The van der Waals surface area contributed by atoms with Crippen molar-refractivity contribution in [2.45, 2.75) is 0 Å².